The normalized spacial score (nSPS) is 16.6. The maximum Gasteiger partial charge on any atom is 0 e. The van der Waals surface area contributed by atoms with Crippen LogP contribution in [0.15, 0.2) is 36.0 Å². The fraction of sp³-hybridized carbons (Fsp3) is 0.273. The molecule has 12 heavy (non-hydrogen) atoms. The third-order valence-corrected chi connectivity index (χ3v) is 1.45. The third-order valence-electron chi connectivity index (χ3n) is 1.45. The summed E-state index contributed by atoms with van der Waals surface area (Å²) in [6.45, 7) is 2.06. The van der Waals surface area contributed by atoms with E-state index in [4.69, 9.17) is 0 Å². The van der Waals surface area contributed by atoms with Gasteiger partial charge in [0.05, 0.1) is 0 Å². The van der Waals surface area contributed by atoms with Gasteiger partial charge in [-0.15, -0.1) is 12.8 Å². The monoisotopic (exact) mass is 326 g/mol. The van der Waals surface area contributed by atoms with Gasteiger partial charge in [0.15, 0.2) is 0 Å². The van der Waals surface area contributed by atoms with Crippen molar-refractivity contribution in [1.29, 1.82) is 0 Å². The maximum atomic E-state index is 3.12. The topological polar surface area (TPSA) is 0 Å². The van der Waals surface area contributed by atoms with Crippen molar-refractivity contribution in [3.63, 3.8) is 0 Å². The molecule has 0 aliphatic heterocycles. The van der Waals surface area contributed by atoms with Crippen LogP contribution in [0, 0.1) is 12.2 Å². The first-order valence-electron chi connectivity index (χ1n) is 3.85. The summed E-state index contributed by atoms with van der Waals surface area (Å²) >= 11 is 0. The van der Waals surface area contributed by atoms with Gasteiger partial charge in [0, 0.05) is 25.8 Å². The fourth-order valence-electron chi connectivity index (χ4n) is 0.855. The molecule has 0 unspecified atom stereocenters. The van der Waals surface area contributed by atoms with E-state index in [2.05, 4.69) is 37.3 Å². The summed E-state index contributed by atoms with van der Waals surface area (Å²) in [4.78, 5) is 0. The molecular weight excluding hydrogens is 311 g/mol. The molecule has 66 valence electrons. The Morgan fingerprint density at radius 3 is 2.33 bits per heavy atom. The zero-order chi connectivity index (χ0) is 7.94. The van der Waals surface area contributed by atoms with E-state index in [1.54, 1.807) is 0 Å². The summed E-state index contributed by atoms with van der Waals surface area (Å²) in [6.07, 6.45) is 18.3. The minimum Gasteiger partial charge on any atom is -1.00 e. The maximum absolute atomic E-state index is 3.12. The van der Waals surface area contributed by atoms with E-state index in [1.165, 1.54) is 5.57 Å². The second kappa shape index (κ2) is 7.48. The van der Waals surface area contributed by atoms with Crippen LogP contribution in [0.2, 0.25) is 0 Å². The van der Waals surface area contributed by atoms with E-state index in [9.17, 15) is 0 Å². The van der Waals surface area contributed by atoms with Gasteiger partial charge < -0.3 is 2.85 Å². The molecule has 0 saturated heterocycles. The molecule has 2 rings (SSSR count). The predicted octanol–water partition coefficient (Wildman–Crippen LogP) is 3.22. The number of hydrogen-bond acceptors (Lipinski definition) is 0. The van der Waals surface area contributed by atoms with Gasteiger partial charge in [0.1, 0.15) is 0 Å². The van der Waals surface area contributed by atoms with Gasteiger partial charge in [-0.2, -0.15) is 12.2 Å². The number of rotatable bonds is 0. The molecule has 0 radical (unpaired) electrons. The number of hydrogen-bond donors (Lipinski definition) is 0. The molecule has 0 fully saturated rings. The minimum absolute atomic E-state index is 0. The van der Waals surface area contributed by atoms with Crippen LogP contribution in [0.1, 0.15) is 22.6 Å². The molecule has 0 spiro atoms. The molecular formula is C11H14Hf-4. The Morgan fingerprint density at radius 2 is 2.17 bits per heavy atom. The first-order valence-corrected chi connectivity index (χ1v) is 3.85. The molecule has 0 bridgehead atoms. The third kappa shape index (κ3) is 5.48. The second-order valence-electron chi connectivity index (χ2n) is 2.47. The van der Waals surface area contributed by atoms with E-state index in [1.807, 2.05) is 12.2 Å². The van der Waals surface area contributed by atoms with Crippen molar-refractivity contribution in [3.8, 4) is 0 Å². The van der Waals surface area contributed by atoms with Crippen LogP contribution in [0.3, 0.4) is 0 Å². The van der Waals surface area contributed by atoms with Crippen molar-refractivity contribution in [2.75, 3.05) is 0 Å². The van der Waals surface area contributed by atoms with Crippen LogP contribution in [0.4, 0.5) is 0 Å². The Kier molecular flexibility index (Phi) is 7.37. The average molecular weight is 325 g/mol. The van der Waals surface area contributed by atoms with Crippen LogP contribution in [0.25, 0.3) is 0 Å². The largest absolute Gasteiger partial charge is 1.00 e. The van der Waals surface area contributed by atoms with Crippen LogP contribution < -0.4 is 0 Å². The summed E-state index contributed by atoms with van der Waals surface area (Å²) in [5.41, 5.74) is 1.27. The SMILES string of the molecule is CC1=[C-]CC=C1.[C-]1=CC=CC1.[H-].[H-].[Hf]. The Balaban J connectivity index is -0.000000144. The van der Waals surface area contributed by atoms with Gasteiger partial charge >= 0.3 is 0 Å². The Labute approximate surface area is 96.5 Å². The zero-order valence-electron chi connectivity index (χ0n) is 9.30. The van der Waals surface area contributed by atoms with Crippen molar-refractivity contribution in [2.45, 2.75) is 19.8 Å². The average Bonchev–Trinajstić information content (AvgIpc) is 2.57. The van der Waals surface area contributed by atoms with Gasteiger partial charge in [-0.05, 0) is 0 Å². The van der Waals surface area contributed by atoms with Gasteiger partial charge in [-0.3, -0.25) is 12.2 Å². The molecule has 2 aliphatic carbocycles. The molecule has 0 heterocycles. The van der Waals surface area contributed by atoms with Crippen LogP contribution in [0.5, 0.6) is 0 Å². The molecule has 0 aromatic heterocycles. The fourth-order valence-corrected chi connectivity index (χ4v) is 0.855. The van der Waals surface area contributed by atoms with Gasteiger partial charge in [-0.1, -0.05) is 6.92 Å². The van der Waals surface area contributed by atoms with E-state index in [0.717, 1.165) is 12.8 Å². The quantitative estimate of drug-likeness (QED) is 0.474. The Bertz CT molecular complexity index is 215. The van der Waals surface area contributed by atoms with Crippen LogP contribution in [-0.4, -0.2) is 0 Å². The molecule has 0 aromatic rings. The van der Waals surface area contributed by atoms with Crippen LogP contribution >= 0.6 is 0 Å². The van der Waals surface area contributed by atoms with E-state index in [-0.39, 0.29) is 28.7 Å². The van der Waals surface area contributed by atoms with E-state index < -0.39 is 0 Å². The van der Waals surface area contributed by atoms with Crippen molar-refractivity contribution in [2.24, 2.45) is 0 Å². The summed E-state index contributed by atoms with van der Waals surface area (Å²) in [5.74, 6) is 0. The van der Waals surface area contributed by atoms with Gasteiger partial charge in [0.2, 0.25) is 0 Å². The van der Waals surface area contributed by atoms with Crippen molar-refractivity contribution in [3.05, 3.63) is 48.1 Å². The second-order valence-corrected chi connectivity index (χ2v) is 2.47. The van der Waals surface area contributed by atoms with Gasteiger partial charge in [0.25, 0.3) is 0 Å². The molecule has 0 nitrogen and oxygen atoms in total. The zero-order valence-corrected chi connectivity index (χ0v) is 10.9. The van der Waals surface area contributed by atoms with E-state index in [0.29, 0.717) is 0 Å². The standard InChI is InChI=1S/C6H7.C5H5.Hf.2H/c1-6-4-2-3-5-6;1-2-4-5-3-1;;;/h2,4H,3H2,1H3;1-3H,4H2;;;/q2*-1;;2*-1. The number of allylic oxidation sites excluding steroid dienone is 8. The summed E-state index contributed by atoms with van der Waals surface area (Å²) < 4.78 is 0. The molecule has 0 saturated carbocycles. The molecule has 0 N–H and O–H groups in total. The first kappa shape index (κ1) is 11.8. The summed E-state index contributed by atoms with van der Waals surface area (Å²) in [5, 5.41) is 0. The molecule has 2 aliphatic rings. The van der Waals surface area contributed by atoms with E-state index >= 15 is 0 Å². The predicted molar refractivity (Wildman–Crippen MR) is 50.0 cm³/mol. The first-order chi connectivity index (χ1) is 5.39. The van der Waals surface area contributed by atoms with Crippen molar-refractivity contribution >= 4 is 0 Å². The Hall–Kier alpha value is -0.170. The van der Waals surface area contributed by atoms with Crippen molar-refractivity contribution in [1.82, 2.24) is 0 Å². The minimum atomic E-state index is 0. The molecule has 0 amide bonds. The summed E-state index contributed by atoms with van der Waals surface area (Å²) in [7, 11) is 0. The molecule has 0 atom stereocenters. The summed E-state index contributed by atoms with van der Waals surface area (Å²) in [6, 6.07) is 0. The molecule has 1 heteroatoms. The smallest absolute Gasteiger partial charge is 0 e. The van der Waals surface area contributed by atoms with Crippen LogP contribution in [-0.2, 0) is 25.8 Å². The van der Waals surface area contributed by atoms with Crippen molar-refractivity contribution < 1.29 is 28.7 Å². The molecule has 0 aromatic carbocycles. The van der Waals surface area contributed by atoms with Gasteiger partial charge in [-0.25, -0.2) is 23.8 Å². The Morgan fingerprint density at radius 1 is 1.33 bits per heavy atom.